The first-order valence-corrected chi connectivity index (χ1v) is 7.30. The molecule has 0 aromatic carbocycles. The lowest BCUT2D eigenvalue weighted by Gasteiger charge is -2.21. The molecular weight excluding hydrogens is 288 g/mol. The number of nitrogens with two attached hydrogens (primary N) is 1. The van der Waals surface area contributed by atoms with Crippen LogP contribution in [0.1, 0.15) is 12.8 Å². The molecule has 0 radical (unpaired) electrons. The molecule has 0 unspecified atom stereocenters. The van der Waals surface area contributed by atoms with E-state index in [0.717, 1.165) is 17.1 Å². The standard InChI is InChI=1S/C10H15BrN4S/c11-8-5-9(12)15-10(14-8)13-6-7-1-3-16-4-2-7/h5,7H,1-4,6H2,(H3,12,13,14,15). The van der Waals surface area contributed by atoms with Crippen LogP contribution in [0.15, 0.2) is 10.7 Å². The topological polar surface area (TPSA) is 63.8 Å². The van der Waals surface area contributed by atoms with E-state index in [4.69, 9.17) is 5.73 Å². The van der Waals surface area contributed by atoms with Crippen LogP contribution in [0.2, 0.25) is 0 Å². The number of aromatic nitrogens is 2. The van der Waals surface area contributed by atoms with E-state index in [9.17, 15) is 0 Å². The Morgan fingerprint density at radius 3 is 2.88 bits per heavy atom. The van der Waals surface area contributed by atoms with Gasteiger partial charge < -0.3 is 11.1 Å². The largest absolute Gasteiger partial charge is 0.383 e. The van der Waals surface area contributed by atoms with Crippen molar-refractivity contribution in [1.82, 2.24) is 9.97 Å². The van der Waals surface area contributed by atoms with E-state index in [1.807, 2.05) is 11.8 Å². The van der Waals surface area contributed by atoms with E-state index >= 15 is 0 Å². The lowest BCUT2D eigenvalue weighted by molar-refractivity contribution is 0.514. The molecule has 0 bridgehead atoms. The Balaban J connectivity index is 1.88. The van der Waals surface area contributed by atoms with Crippen LogP contribution in [-0.4, -0.2) is 28.0 Å². The average Bonchev–Trinajstić information content (AvgIpc) is 2.27. The van der Waals surface area contributed by atoms with Crippen molar-refractivity contribution < 1.29 is 0 Å². The van der Waals surface area contributed by atoms with Crippen LogP contribution in [0.25, 0.3) is 0 Å². The van der Waals surface area contributed by atoms with Crippen LogP contribution in [0.3, 0.4) is 0 Å². The van der Waals surface area contributed by atoms with Crippen molar-refractivity contribution in [2.75, 3.05) is 29.1 Å². The molecule has 1 aromatic rings. The van der Waals surface area contributed by atoms with Crippen molar-refractivity contribution in [3.05, 3.63) is 10.7 Å². The van der Waals surface area contributed by atoms with Crippen LogP contribution in [-0.2, 0) is 0 Å². The third kappa shape index (κ3) is 3.52. The van der Waals surface area contributed by atoms with E-state index in [0.29, 0.717) is 11.8 Å². The second-order valence-electron chi connectivity index (χ2n) is 3.88. The molecule has 4 nitrogen and oxygen atoms in total. The van der Waals surface area contributed by atoms with Gasteiger partial charge in [-0.25, -0.2) is 4.98 Å². The molecule has 2 rings (SSSR count). The van der Waals surface area contributed by atoms with Crippen LogP contribution in [0.5, 0.6) is 0 Å². The van der Waals surface area contributed by atoms with Gasteiger partial charge in [0.2, 0.25) is 5.95 Å². The maximum Gasteiger partial charge on any atom is 0.225 e. The zero-order valence-corrected chi connectivity index (χ0v) is 11.4. The monoisotopic (exact) mass is 302 g/mol. The van der Waals surface area contributed by atoms with Crippen molar-refractivity contribution in [1.29, 1.82) is 0 Å². The molecule has 1 fully saturated rings. The summed E-state index contributed by atoms with van der Waals surface area (Å²) in [4.78, 5) is 8.37. The van der Waals surface area contributed by atoms with Gasteiger partial charge in [-0.05, 0) is 46.2 Å². The first-order chi connectivity index (χ1) is 7.74. The van der Waals surface area contributed by atoms with E-state index in [2.05, 4.69) is 31.2 Å². The molecule has 1 aromatic heterocycles. The van der Waals surface area contributed by atoms with Gasteiger partial charge in [0.1, 0.15) is 10.4 Å². The molecule has 3 N–H and O–H groups in total. The smallest absolute Gasteiger partial charge is 0.225 e. The van der Waals surface area contributed by atoms with Gasteiger partial charge in [0, 0.05) is 12.6 Å². The zero-order valence-electron chi connectivity index (χ0n) is 8.95. The normalized spacial score (nSPS) is 17.3. The minimum atomic E-state index is 0.489. The lowest BCUT2D eigenvalue weighted by atomic mass is 10.0. The number of hydrogen-bond donors (Lipinski definition) is 2. The fourth-order valence-corrected chi connectivity index (χ4v) is 3.31. The van der Waals surface area contributed by atoms with Crippen molar-refractivity contribution in [2.45, 2.75) is 12.8 Å². The Morgan fingerprint density at radius 2 is 2.19 bits per heavy atom. The summed E-state index contributed by atoms with van der Waals surface area (Å²) < 4.78 is 0.724. The maximum absolute atomic E-state index is 5.64. The minimum absolute atomic E-state index is 0.489. The summed E-state index contributed by atoms with van der Waals surface area (Å²) in [5, 5.41) is 3.25. The summed E-state index contributed by atoms with van der Waals surface area (Å²) in [7, 11) is 0. The molecule has 16 heavy (non-hydrogen) atoms. The van der Waals surface area contributed by atoms with Crippen LogP contribution >= 0.6 is 27.7 Å². The Kier molecular flexibility index (Phi) is 4.29. The van der Waals surface area contributed by atoms with E-state index < -0.39 is 0 Å². The van der Waals surface area contributed by atoms with E-state index in [-0.39, 0.29) is 0 Å². The molecule has 88 valence electrons. The fourth-order valence-electron chi connectivity index (χ4n) is 1.70. The quantitative estimate of drug-likeness (QED) is 0.839. The van der Waals surface area contributed by atoms with Crippen LogP contribution in [0.4, 0.5) is 11.8 Å². The van der Waals surface area contributed by atoms with Gasteiger partial charge >= 0.3 is 0 Å². The maximum atomic E-state index is 5.64. The van der Waals surface area contributed by atoms with Crippen LogP contribution in [0, 0.1) is 5.92 Å². The minimum Gasteiger partial charge on any atom is -0.383 e. The number of nitrogens with zero attached hydrogens (tertiary/aromatic N) is 2. The molecule has 2 heterocycles. The number of thioether (sulfide) groups is 1. The Hall–Kier alpha value is -0.490. The van der Waals surface area contributed by atoms with Gasteiger partial charge in [-0.15, -0.1) is 0 Å². The van der Waals surface area contributed by atoms with Gasteiger partial charge in [0.15, 0.2) is 0 Å². The number of nitrogens with one attached hydrogen (secondary N) is 1. The van der Waals surface area contributed by atoms with E-state index in [1.165, 1.54) is 24.3 Å². The van der Waals surface area contributed by atoms with Gasteiger partial charge in [0.25, 0.3) is 0 Å². The summed E-state index contributed by atoms with van der Waals surface area (Å²) in [5.41, 5.74) is 5.64. The number of nitrogen functional groups attached to an aromatic ring is 1. The molecule has 0 amide bonds. The Labute approximate surface area is 108 Å². The van der Waals surface area contributed by atoms with Gasteiger partial charge in [-0.2, -0.15) is 16.7 Å². The molecule has 6 heteroatoms. The van der Waals surface area contributed by atoms with Crippen molar-refractivity contribution in [3.8, 4) is 0 Å². The highest BCUT2D eigenvalue weighted by molar-refractivity contribution is 9.10. The zero-order chi connectivity index (χ0) is 11.4. The van der Waals surface area contributed by atoms with Crippen molar-refractivity contribution in [2.24, 2.45) is 5.92 Å². The summed E-state index contributed by atoms with van der Waals surface area (Å²) in [6.07, 6.45) is 2.56. The van der Waals surface area contributed by atoms with Crippen LogP contribution < -0.4 is 11.1 Å². The molecular formula is C10H15BrN4S. The highest BCUT2D eigenvalue weighted by Crippen LogP contribution is 2.23. The lowest BCUT2D eigenvalue weighted by Crippen LogP contribution is -2.20. The average molecular weight is 303 g/mol. The number of hydrogen-bond acceptors (Lipinski definition) is 5. The predicted molar refractivity (Wildman–Crippen MR) is 72.7 cm³/mol. The van der Waals surface area contributed by atoms with Gasteiger partial charge in [0.05, 0.1) is 0 Å². The Morgan fingerprint density at radius 1 is 1.44 bits per heavy atom. The molecule has 1 aliphatic heterocycles. The molecule has 0 aliphatic carbocycles. The third-order valence-electron chi connectivity index (χ3n) is 2.60. The summed E-state index contributed by atoms with van der Waals surface area (Å²) in [5.74, 6) is 4.39. The molecule has 0 saturated carbocycles. The predicted octanol–water partition coefficient (Wildman–Crippen LogP) is 2.38. The number of rotatable bonds is 3. The summed E-state index contributed by atoms with van der Waals surface area (Å²) in [6, 6.07) is 1.70. The molecule has 1 aliphatic rings. The van der Waals surface area contributed by atoms with Crippen molar-refractivity contribution >= 4 is 39.5 Å². The van der Waals surface area contributed by atoms with Gasteiger partial charge in [-0.3, -0.25) is 0 Å². The molecule has 0 atom stereocenters. The first kappa shape index (κ1) is 12.0. The van der Waals surface area contributed by atoms with Crippen molar-refractivity contribution in [3.63, 3.8) is 0 Å². The SMILES string of the molecule is Nc1cc(Br)nc(NCC2CCSCC2)n1. The van der Waals surface area contributed by atoms with E-state index in [1.54, 1.807) is 6.07 Å². The third-order valence-corrected chi connectivity index (χ3v) is 4.06. The second-order valence-corrected chi connectivity index (χ2v) is 5.91. The molecule has 1 saturated heterocycles. The van der Waals surface area contributed by atoms with Gasteiger partial charge in [-0.1, -0.05) is 0 Å². The highest BCUT2D eigenvalue weighted by atomic mass is 79.9. The summed E-state index contributed by atoms with van der Waals surface area (Å²) in [6.45, 7) is 0.941. The summed E-state index contributed by atoms with van der Waals surface area (Å²) >= 11 is 5.34. The fraction of sp³-hybridized carbons (Fsp3) is 0.600. The number of halogens is 1. The highest BCUT2D eigenvalue weighted by Gasteiger charge is 2.13. The number of anilines is 2. The second kappa shape index (κ2) is 5.72. The Bertz CT molecular complexity index is 334. The molecule has 0 spiro atoms. The first-order valence-electron chi connectivity index (χ1n) is 5.36.